The van der Waals surface area contributed by atoms with Crippen LogP contribution < -0.4 is 11.1 Å². The Labute approximate surface area is 120 Å². The van der Waals surface area contributed by atoms with Crippen molar-refractivity contribution in [1.29, 1.82) is 0 Å². The predicted molar refractivity (Wildman–Crippen MR) is 78.5 cm³/mol. The molecule has 2 rings (SSSR count). The fourth-order valence-corrected chi connectivity index (χ4v) is 2.75. The van der Waals surface area contributed by atoms with Gasteiger partial charge in [-0.05, 0) is 24.6 Å². The molecule has 100 valence electrons. The quantitative estimate of drug-likeness (QED) is 0.851. The Balaban J connectivity index is 2.15. The van der Waals surface area contributed by atoms with Crippen molar-refractivity contribution in [3.05, 3.63) is 45.4 Å². The Bertz CT molecular complexity index is 551. The molecule has 0 radical (unpaired) electrons. The molecule has 3 N–H and O–H groups in total. The molecule has 1 aromatic carbocycles. The number of nitrogens with one attached hydrogen (secondary N) is 1. The number of carbonyl (C=O) groups is 1. The van der Waals surface area contributed by atoms with Crippen molar-refractivity contribution in [2.75, 3.05) is 5.73 Å². The van der Waals surface area contributed by atoms with Crippen LogP contribution in [0.1, 0.15) is 34.8 Å². The van der Waals surface area contributed by atoms with Gasteiger partial charge in [0, 0.05) is 27.9 Å². The minimum absolute atomic E-state index is 0.0901. The van der Waals surface area contributed by atoms with Gasteiger partial charge in [-0.15, -0.1) is 11.3 Å². The van der Waals surface area contributed by atoms with Crippen LogP contribution in [0.3, 0.4) is 0 Å². The number of hydrogen-bond acceptors (Lipinski definition) is 4. The largest absolute Gasteiger partial charge is 0.399 e. The van der Waals surface area contributed by atoms with E-state index in [4.69, 9.17) is 17.3 Å². The van der Waals surface area contributed by atoms with Crippen LogP contribution in [0.2, 0.25) is 5.02 Å². The van der Waals surface area contributed by atoms with Crippen LogP contribution in [0.25, 0.3) is 0 Å². The lowest BCUT2D eigenvalue weighted by Gasteiger charge is -2.14. The Hall–Kier alpha value is -1.59. The second-order valence-corrected chi connectivity index (χ2v) is 5.44. The maximum absolute atomic E-state index is 12.2. The van der Waals surface area contributed by atoms with Gasteiger partial charge in [0.1, 0.15) is 5.01 Å². The van der Waals surface area contributed by atoms with E-state index in [-0.39, 0.29) is 11.9 Å². The second-order valence-electron chi connectivity index (χ2n) is 4.08. The number of amides is 1. The summed E-state index contributed by atoms with van der Waals surface area (Å²) in [6, 6.07) is 4.72. The van der Waals surface area contributed by atoms with Crippen LogP contribution in [0.5, 0.6) is 0 Å². The van der Waals surface area contributed by atoms with E-state index < -0.39 is 0 Å². The number of rotatable bonds is 4. The van der Waals surface area contributed by atoms with E-state index in [9.17, 15) is 4.79 Å². The van der Waals surface area contributed by atoms with Crippen molar-refractivity contribution in [1.82, 2.24) is 10.3 Å². The Morgan fingerprint density at radius 2 is 2.32 bits per heavy atom. The molecule has 1 atom stereocenters. The first kappa shape index (κ1) is 13.8. The Morgan fingerprint density at radius 3 is 2.89 bits per heavy atom. The van der Waals surface area contributed by atoms with E-state index >= 15 is 0 Å². The van der Waals surface area contributed by atoms with Crippen molar-refractivity contribution in [2.45, 2.75) is 19.4 Å². The van der Waals surface area contributed by atoms with E-state index in [0.717, 1.165) is 11.4 Å². The van der Waals surface area contributed by atoms with Crippen LogP contribution in [-0.2, 0) is 0 Å². The van der Waals surface area contributed by atoms with Crippen molar-refractivity contribution in [3.63, 3.8) is 0 Å². The molecule has 19 heavy (non-hydrogen) atoms. The average molecular weight is 296 g/mol. The molecule has 1 aromatic heterocycles. The first-order valence-electron chi connectivity index (χ1n) is 5.86. The number of thiazole rings is 1. The molecule has 1 heterocycles. The molecule has 0 bridgehead atoms. The fourth-order valence-electron chi connectivity index (χ4n) is 1.73. The summed E-state index contributed by atoms with van der Waals surface area (Å²) in [5, 5.41) is 6.17. The Morgan fingerprint density at radius 1 is 1.53 bits per heavy atom. The SMILES string of the molecule is CCC(NC(=O)c1cc(N)cc(Cl)c1)c1nccs1. The van der Waals surface area contributed by atoms with Crippen molar-refractivity contribution >= 4 is 34.5 Å². The van der Waals surface area contributed by atoms with Crippen molar-refractivity contribution < 1.29 is 4.79 Å². The standard InChI is InChI=1S/C13H14ClN3OS/c1-2-11(13-16-3-4-19-13)17-12(18)8-5-9(14)7-10(15)6-8/h3-7,11H,2,15H2,1H3,(H,17,18). The number of hydrogen-bond donors (Lipinski definition) is 2. The molecular formula is C13H14ClN3OS. The Kier molecular flexibility index (Phi) is 4.39. The molecule has 0 aliphatic carbocycles. The van der Waals surface area contributed by atoms with Crippen molar-refractivity contribution in [2.24, 2.45) is 0 Å². The lowest BCUT2D eigenvalue weighted by Crippen LogP contribution is -2.28. The van der Waals surface area contributed by atoms with Crippen LogP contribution in [0.15, 0.2) is 29.8 Å². The first-order chi connectivity index (χ1) is 9.10. The summed E-state index contributed by atoms with van der Waals surface area (Å²) in [4.78, 5) is 16.4. The first-order valence-corrected chi connectivity index (χ1v) is 7.12. The number of benzene rings is 1. The zero-order valence-corrected chi connectivity index (χ0v) is 12.0. The van der Waals surface area contributed by atoms with Gasteiger partial charge >= 0.3 is 0 Å². The molecule has 4 nitrogen and oxygen atoms in total. The van der Waals surface area contributed by atoms with Gasteiger partial charge in [0.15, 0.2) is 0 Å². The van der Waals surface area contributed by atoms with Gasteiger partial charge in [0.25, 0.3) is 5.91 Å². The molecule has 1 amide bonds. The molecule has 0 aliphatic rings. The monoisotopic (exact) mass is 295 g/mol. The van der Waals surface area contributed by atoms with E-state index in [1.165, 1.54) is 11.3 Å². The van der Waals surface area contributed by atoms with Gasteiger partial charge in [-0.2, -0.15) is 0 Å². The smallest absolute Gasteiger partial charge is 0.251 e. The number of carbonyl (C=O) groups excluding carboxylic acids is 1. The highest BCUT2D eigenvalue weighted by molar-refractivity contribution is 7.09. The average Bonchev–Trinajstić information content (AvgIpc) is 2.88. The highest BCUT2D eigenvalue weighted by atomic mass is 35.5. The van der Waals surface area contributed by atoms with E-state index in [2.05, 4.69) is 10.3 Å². The van der Waals surface area contributed by atoms with Gasteiger partial charge in [-0.1, -0.05) is 18.5 Å². The summed E-state index contributed by atoms with van der Waals surface area (Å²) in [5.74, 6) is -0.198. The van der Waals surface area contributed by atoms with Gasteiger partial charge in [0.2, 0.25) is 0 Å². The molecule has 6 heteroatoms. The lowest BCUT2D eigenvalue weighted by atomic mass is 10.1. The lowest BCUT2D eigenvalue weighted by molar-refractivity contribution is 0.0935. The molecule has 2 aromatic rings. The number of anilines is 1. The zero-order valence-electron chi connectivity index (χ0n) is 10.4. The van der Waals surface area contributed by atoms with Crippen LogP contribution in [0, 0.1) is 0 Å². The maximum atomic E-state index is 12.2. The van der Waals surface area contributed by atoms with Crippen LogP contribution in [-0.4, -0.2) is 10.9 Å². The van der Waals surface area contributed by atoms with Crippen LogP contribution in [0.4, 0.5) is 5.69 Å². The van der Waals surface area contributed by atoms with Gasteiger partial charge < -0.3 is 11.1 Å². The summed E-state index contributed by atoms with van der Waals surface area (Å²) in [5.41, 5.74) is 6.61. The number of nitrogens with two attached hydrogens (primary N) is 1. The summed E-state index contributed by atoms with van der Waals surface area (Å²) < 4.78 is 0. The summed E-state index contributed by atoms with van der Waals surface area (Å²) in [7, 11) is 0. The third-order valence-electron chi connectivity index (χ3n) is 2.65. The number of aromatic nitrogens is 1. The molecule has 0 spiro atoms. The summed E-state index contributed by atoms with van der Waals surface area (Å²) >= 11 is 7.42. The highest BCUT2D eigenvalue weighted by Crippen LogP contribution is 2.21. The van der Waals surface area contributed by atoms with Crippen LogP contribution >= 0.6 is 22.9 Å². The topological polar surface area (TPSA) is 68.0 Å². The van der Waals surface area contributed by atoms with E-state index in [1.807, 2.05) is 12.3 Å². The highest BCUT2D eigenvalue weighted by Gasteiger charge is 2.16. The molecule has 1 unspecified atom stereocenters. The summed E-state index contributed by atoms with van der Waals surface area (Å²) in [6.45, 7) is 2.00. The third kappa shape index (κ3) is 3.45. The molecular weight excluding hydrogens is 282 g/mol. The van der Waals surface area contributed by atoms with Gasteiger partial charge in [-0.3, -0.25) is 4.79 Å². The molecule has 0 aliphatic heterocycles. The fraction of sp³-hybridized carbons (Fsp3) is 0.231. The minimum Gasteiger partial charge on any atom is -0.399 e. The normalized spacial score (nSPS) is 12.1. The molecule has 0 fully saturated rings. The second kappa shape index (κ2) is 6.04. The number of nitrogens with zero attached hydrogens (tertiary/aromatic N) is 1. The number of halogens is 1. The zero-order chi connectivity index (χ0) is 13.8. The number of nitrogen functional groups attached to an aromatic ring is 1. The van der Waals surface area contributed by atoms with Crippen molar-refractivity contribution in [3.8, 4) is 0 Å². The predicted octanol–water partition coefficient (Wildman–Crippen LogP) is 3.26. The van der Waals surface area contributed by atoms with E-state index in [0.29, 0.717) is 16.3 Å². The van der Waals surface area contributed by atoms with Gasteiger partial charge in [0.05, 0.1) is 6.04 Å². The minimum atomic E-state index is -0.198. The summed E-state index contributed by atoms with van der Waals surface area (Å²) in [6.07, 6.45) is 2.50. The maximum Gasteiger partial charge on any atom is 0.251 e. The molecule has 0 saturated heterocycles. The third-order valence-corrected chi connectivity index (χ3v) is 3.75. The van der Waals surface area contributed by atoms with Gasteiger partial charge in [-0.25, -0.2) is 4.98 Å². The van der Waals surface area contributed by atoms with E-state index in [1.54, 1.807) is 24.4 Å². The molecule has 0 saturated carbocycles.